The first-order chi connectivity index (χ1) is 44.8. The maximum atomic E-state index is 13.8. The molecule has 4 aliphatic heterocycles. The van der Waals surface area contributed by atoms with Crippen LogP contribution >= 0.6 is 0 Å². The van der Waals surface area contributed by atoms with Gasteiger partial charge in [-0.05, 0) is 205 Å². The molecule has 0 aliphatic carbocycles. The number of ether oxygens (including phenoxy) is 4. The predicted molar refractivity (Wildman–Crippen MR) is 335 cm³/mol. The van der Waals surface area contributed by atoms with E-state index in [4.69, 9.17) is 18.9 Å². The zero-order chi connectivity index (χ0) is 64.7. The second-order valence-corrected chi connectivity index (χ2v) is 22.4. The molecule has 0 fully saturated rings. The number of benzene rings is 10. The third kappa shape index (κ3) is 10.1. The summed E-state index contributed by atoms with van der Waals surface area (Å²) in [5.41, 5.74) is 3.53. The van der Waals surface area contributed by atoms with Gasteiger partial charge >= 0.3 is 11.9 Å². The van der Waals surface area contributed by atoms with Crippen LogP contribution in [0.2, 0.25) is 0 Å². The molecule has 0 saturated carbocycles. The van der Waals surface area contributed by atoms with Crippen molar-refractivity contribution < 1.29 is 77.1 Å². The fourth-order valence-electron chi connectivity index (χ4n) is 11.5. The lowest BCUT2D eigenvalue weighted by molar-refractivity contribution is 0.0686. The molecular weight excluding hydrogens is 1190 g/mol. The Morgan fingerprint density at radius 1 is 0.269 bits per heavy atom. The summed E-state index contributed by atoms with van der Waals surface area (Å²) in [6.45, 7) is 4.18. The molecular formula is C73H44N4O16. The first-order valence-corrected chi connectivity index (χ1v) is 28.7. The highest BCUT2D eigenvalue weighted by Crippen LogP contribution is 2.41. The Bertz CT molecular complexity index is 4620. The highest BCUT2D eigenvalue weighted by molar-refractivity contribution is 6.37. The number of fused-ring (bicyclic) bond motifs is 4. The normalized spacial score (nSPS) is 14.0. The van der Waals surface area contributed by atoms with Gasteiger partial charge in [0.2, 0.25) is 0 Å². The molecule has 10 aromatic carbocycles. The molecule has 4 heterocycles. The van der Waals surface area contributed by atoms with Crippen LogP contribution in [0.4, 0.5) is 22.7 Å². The number of carboxylic acids is 2. The molecule has 20 nitrogen and oxygen atoms in total. The SMILES string of the molecule is CC(C)(c1ccc(Oc2ccc(N3C(=O)c4ccc(Oc5ccc6c(c5)C(=O)N(c5ccc(C(=O)O)cc5)C6=O)cc4C3=O)cc2)cc1)c1ccc(Oc2ccc(N3C(=O)c4ccc(Oc5ccc6c(c5)C(=O)N(c5ccc(C(=O)O)cc5)C6=O)cc4C3=O)cc2)cc1. The third-order valence-electron chi connectivity index (χ3n) is 16.5. The van der Waals surface area contributed by atoms with Gasteiger partial charge in [-0.1, -0.05) is 38.1 Å². The van der Waals surface area contributed by atoms with Crippen LogP contribution in [0, 0.1) is 0 Å². The number of carbonyl (C=O) groups excluding carboxylic acids is 8. The van der Waals surface area contributed by atoms with Crippen LogP contribution in [-0.4, -0.2) is 69.4 Å². The first-order valence-electron chi connectivity index (χ1n) is 28.7. The molecule has 0 radical (unpaired) electrons. The standard InChI is InChI=1S/C73H44N4O16/c1-73(2,41-7-19-47(20-8-41)90-49-23-15-45(16-24-49)76-65(80)57-33-29-53(37-61(57)69(76)84)92-51-27-31-55-59(35-51)67(82)74(63(55)78)43-11-3-39(4-12-43)71(86)87)42-9-21-48(22-10-42)91-50-25-17-46(18-26-50)77-66(81)58-34-30-54(38-62(58)70(77)85)93-52-28-32-56-60(36-52)68(83)75(64(56)79)44-13-5-40(6-14-44)72(88)89/h3-38H,1-2H3,(H,86,87)(H,88,89). The molecule has 0 spiro atoms. The molecule has 0 unspecified atom stereocenters. The molecule has 93 heavy (non-hydrogen) atoms. The average molecular weight is 1230 g/mol. The zero-order valence-electron chi connectivity index (χ0n) is 48.7. The van der Waals surface area contributed by atoms with Crippen molar-refractivity contribution in [1.82, 2.24) is 0 Å². The van der Waals surface area contributed by atoms with Crippen molar-refractivity contribution in [3.05, 3.63) is 285 Å². The Morgan fingerprint density at radius 3 is 0.699 bits per heavy atom. The van der Waals surface area contributed by atoms with E-state index < -0.39 is 64.6 Å². The van der Waals surface area contributed by atoms with Crippen LogP contribution in [-0.2, 0) is 5.41 Å². The summed E-state index contributed by atoms with van der Waals surface area (Å²) in [6, 6.07) is 56.6. The highest BCUT2D eigenvalue weighted by atomic mass is 16.5. The Balaban J connectivity index is 0.570. The average Bonchev–Trinajstić information content (AvgIpc) is 1.66. The van der Waals surface area contributed by atoms with Gasteiger partial charge < -0.3 is 29.2 Å². The van der Waals surface area contributed by atoms with E-state index in [9.17, 15) is 58.2 Å². The van der Waals surface area contributed by atoms with E-state index in [0.717, 1.165) is 30.7 Å². The van der Waals surface area contributed by atoms with E-state index >= 15 is 0 Å². The van der Waals surface area contributed by atoms with E-state index in [-0.39, 0.29) is 90.0 Å². The van der Waals surface area contributed by atoms with Gasteiger partial charge in [-0.15, -0.1) is 0 Å². The summed E-state index contributed by atoms with van der Waals surface area (Å²) in [4.78, 5) is 135. The van der Waals surface area contributed by atoms with E-state index in [1.54, 1.807) is 48.5 Å². The number of amides is 8. The summed E-state index contributed by atoms with van der Waals surface area (Å²) < 4.78 is 24.4. The molecule has 14 rings (SSSR count). The molecule has 0 aromatic heterocycles. The second kappa shape index (κ2) is 22.2. The largest absolute Gasteiger partial charge is 0.478 e. The summed E-state index contributed by atoms with van der Waals surface area (Å²) >= 11 is 0. The van der Waals surface area contributed by atoms with Gasteiger partial charge in [0.15, 0.2) is 0 Å². The van der Waals surface area contributed by atoms with Gasteiger partial charge in [-0.25, -0.2) is 29.2 Å². The number of nitrogens with zero attached hydrogens (tertiary/aromatic N) is 4. The number of carboxylic acid groups (broad SMARTS) is 2. The van der Waals surface area contributed by atoms with E-state index in [1.165, 1.54) is 121 Å². The third-order valence-corrected chi connectivity index (χ3v) is 16.5. The maximum Gasteiger partial charge on any atom is 0.335 e. The molecule has 452 valence electrons. The van der Waals surface area contributed by atoms with Crippen LogP contribution in [0.15, 0.2) is 218 Å². The molecule has 8 amide bonds. The van der Waals surface area contributed by atoms with Gasteiger partial charge in [-0.3, -0.25) is 38.4 Å². The number of hydrogen-bond donors (Lipinski definition) is 2. The monoisotopic (exact) mass is 1230 g/mol. The van der Waals surface area contributed by atoms with Gasteiger partial charge in [0, 0.05) is 5.41 Å². The topological polar surface area (TPSA) is 261 Å². The zero-order valence-corrected chi connectivity index (χ0v) is 48.7. The van der Waals surface area contributed by atoms with Crippen LogP contribution in [0.5, 0.6) is 46.0 Å². The van der Waals surface area contributed by atoms with Crippen molar-refractivity contribution in [2.24, 2.45) is 0 Å². The number of imide groups is 4. The van der Waals surface area contributed by atoms with Crippen molar-refractivity contribution in [3.8, 4) is 46.0 Å². The molecule has 20 heteroatoms. The van der Waals surface area contributed by atoms with Crippen molar-refractivity contribution in [2.75, 3.05) is 19.6 Å². The Kier molecular flexibility index (Phi) is 13.7. The van der Waals surface area contributed by atoms with Crippen LogP contribution in [0.1, 0.15) is 129 Å². The van der Waals surface area contributed by atoms with E-state index in [1.807, 2.05) is 48.5 Å². The lowest BCUT2D eigenvalue weighted by Gasteiger charge is -2.26. The quantitative estimate of drug-likeness (QED) is 0.0852. The van der Waals surface area contributed by atoms with Gasteiger partial charge in [-0.2, -0.15) is 0 Å². The maximum absolute atomic E-state index is 13.8. The minimum Gasteiger partial charge on any atom is -0.478 e. The van der Waals surface area contributed by atoms with Gasteiger partial charge in [0.1, 0.15) is 46.0 Å². The second-order valence-electron chi connectivity index (χ2n) is 22.4. The van der Waals surface area contributed by atoms with Crippen molar-refractivity contribution in [1.29, 1.82) is 0 Å². The summed E-state index contributed by atoms with van der Waals surface area (Å²) in [6.07, 6.45) is 0. The molecule has 0 atom stereocenters. The van der Waals surface area contributed by atoms with Crippen molar-refractivity contribution >= 4 is 81.9 Å². The number of aromatic carboxylic acids is 2. The molecule has 0 bridgehead atoms. The lowest BCUT2D eigenvalue weighted by Crippen LogP contribution is -2.29. The van der Waals surface area contributed by atoms with Crippen LogP contribution < -0.4 is 38.5 Å². The fraction of sp³-hybridized carbons (Fsp3) is 0.0411. The molecule has 0 saturated heterocycles. The van der Waals surface area contributed by atoms with Crippen LogP contribution in [0.25, 0.3) is 0 Å². The molecule has 10 aromatic rings. The highest BCUT2D eigenvalue weighted by Gasteiger charge is 2.41. The number of rotatable bonds is 16. The predicted octanol–water partition coefficient (Wildman–Crippen LogP) is 13.8. The first kappa shape index (κ1) is 57.6. The fourth-order valence-corrected chi connectivity index (χ4v) is 11.5. The number of anilines is 4. The number of hydrogen-bond acceptors (Lipinski definition) is 14. The van der Waals surface area contributed by atoms with Gasteiger partial charge in [0.25, 0.3) is 47.3 Å². The van der Waals surface area contributed by atoms with Gasteiger partial charge in [0.05, 0.1) is 78.4 Å². The summed E-state index contributed by atoms with van der Waals surface area (Å²) in [7, 11) is 0. The lowest BCUT2D eigenvalue weighted by atomic mass is 9.78. The van der Waals surface area contributed by atoms with E-state index in [2.05, 4.69) is 13.8 Å². The Hall–Kier alpha value is -13.1. The van der Waals surface area contributed by atoms with Crippen molar-refractivity contribution in [2.45, 2.75) is 19.3 Å². The summed E-state index contributed by atoms with van der Waals surface area (Å²) in [5, 5.41) is 18.5. The molecule has 4 aliphatic rings. The Labute approximate surface area is 526 Å². The number of carbonyl (C=O) groups is 10. The van der Waals surface area contributed by atoms with Crippen LogP contribution in [0.3, 0.4) is 0 Å². The van der Waals surface area contributed by atoms with E-state index in [0.29, 0.717) is 34.4 Å². The minimum absolute atomic E-state index is 0.00170. The smallest absolute Gasteiger partial charge is 0.335 e. The Morgan fingerprint density at radius 2 is 0.462 bits per heavy atom. The van der Waals surface area contributed by atoms with Crippen molar-refractivity contribution in [3.63, 3.8) is 0 Å². The summed E-state index contributed by atoms with van der Waals surface area (Å²) in [5.74, 6) is -4.11. The minimum atomic E-state index is -1.15. The molecule has 2 N–H and O–H groups in total.